The molecule has 1 aromatic rings. The molecule has 14 heavy (non-hydrogen) atoms. The Kier molecular flexibility index (Phi) is 3.21. The van der Waals surface area contributed by atoms with E-state index in [2.05, 4.69) is 38.1 Å². The Morgan fingerprint density at radius 3 is 2.57 bits per heavy atom. The van der Waals surface area contributed by atoms with E-state index in [9.17, 15) is 0 Å². The van der Waals surface area contributed by atoms with Gasteiger partial charge >= 0.3 is 100 Å². The monoisotopic (exact) mass is 393 g/mol. The van der Waals surface area contributed by atoms with Gasteiger partial charge < -0.3 is 0 Å². The number of benzene rings is 1. The van der Waals surface area contributed by atoms with Crippen molar-refractivity contribution in [3.05, 3.63) is 40.5 Å². The molecule has 0 saturated carbocycles. The summed E-state index contributed by atoms with van der Waals surface area (Å²) < 4.78 is 0.387. The molecule has 2 rings (SSSR count). The first kappa shape index (κ1) is 10.9. The minimum atomic E-state index is -2.36. The van der Waals surface area contributed by atoms with Crippen LogP contribution >= 0.6 is 17.2 Å². The third kappa shape index (κ3) is 1.75. The van der Waals surface area contributed by atoms with Crippen molar-refractivity contribution >= 4 is 23.2 Å². The molecule has 3 heteroatoms. The van der Waals surface area contributed by atoms with Gasteiger partial charge in [0.05, 0.1) is 0 Å². The molecule has 0 fully saturated rings. The number of rotatable bonds is 1. The van der Waals surface area contributed by atoms with E-state index in [0.717, 1.165) is 0 Å². The van der Waals surface area contributed by atoms with Crippen LogP contribution in [0.5, 0.6) is 0 Å². The molecule has 73 valence electrons. The van der Waals surface area contributed by atoms with Crippen molar-refractivity contribution < 1.29 is 19.1 Å². The molecule has 0 radical (unpaired) electrons. The van der Waals surface area contributed by atoms with Gasteiger partial charge in [0, 0.05) is 0 Å². The van der Waals surface area contributed by atoms with Crippen LogP contribution in [0.1, 0.15) is 27.3 Å². The van der Waals surface area contributed by atoms with E-state index in [1.165, 1.54) is 22.3 Å². The fourth-order valence-corrected chi connectivity index (χ4v) is 10.0. The first-order chi connectivity index (χ1) is 6.61. The van der Waals surface area contributed by atoms with Gasteiger partial charge in [-0.2, -0.15) is 0 Å². The summed E-state index contributed by atoms with van der Waals surface area (Å²) in [6.45, 7) is 4.28. The van der Waals surface area contributed by atoms with Crippen LogP contribution in [0.4, 0.5) is 0 Å². The Hall–Kier alpha value is 0.410. The second-order valence-corrected chi connectivity index (χ2v) is 16.1. The van der Waals surface area contributed by atoms with E-state index in [1.54, 1.807) is 0 Å². The molecule has 0 amide bonds. The summed E-state index contributed by atoms with van der Waals surface area (Å²) in [4.78, 5) is 0. The molecule has 1 aromatic carbocycles. The molecule has 1 unspecified atom stereocenters. The van der Waals surface area contributed by atoms with E-state index >= 15 is 0 Å². The predicted molar refractivity (Wildman–Crippen MR) is 59.3 cm³/mol. The van der Waals surface area contributed by atoms with Crippen molar-refractivity contribution in [2.75, 3.05) is 0 Å². The fourth-order valence-electron chi connectivity index (χ4n) is 2.00. The zero-order valence-electron chi connectivity index (χ0n) is 8.14. The van der Waals surface area contributed by atoms with Gasteiger partial charge in [0.2, 0.25) is 0 Å². The third-order valence-electron chi connectivity index (χ3n) is 2.71. The van der Waals surface area contributed by atoms with E-state index in [1.807, 2.05) is 0 Å². The average Bonchev–Trinajstić information content (AvgIpc) is 2.42. The summed E-state index contributed by atoms with van der Waals surface area (Å²) in [6.07, 6.45) is 2.24. The summed E-state index contributed by atoms with van der Waals surface area (Å²) in [5.41, 5.74) is 5.38. The second kappa shape index (κ2) is 4.11. The number of hydrogen-bond acceptors (Lipinski definition) is 0. The number of allylic oxidation sites excluding steroid dienone is 1. The first-order valence-corrected chi connectivity index (χ1v) is 15.5. The van der Waals surface area contributed by atoms with Crippen LogP contribution in [0.25, 0.3) is 6.08 Å². The van der Waals surface area contributed by atoms with Crippen molar-refractivity contribution in [1.29, 1.82) is 0 Å². The zero-order chi connectivity index (χ0) is 10.3. The standard InChI is InChI=1S/C11H11.2ClH.Hf/c1-8-6-10-5-3-4-9(2)11(10)7-8;;;/h3-7H,1-2H3;2*1H;/q;;;+2/p-2. The predicted octanol–water partition coefficient (Wildman–Crippen LogP) is 4.38. The Labute approximate surface area is 99.6 Å². The third-order valence-corrected chi connectivity index (χ3v) is 10.6. The van der Waals surface area contributed by atoms with Gasteiger partial charge in [0.15, 0.2) is 0 Å². The van der Waals surface area contributed by atoms with Crippen molar-refractivity contribution in [3.8, 4) is 0 Å². The maximum absolute atomic E-state index is 6.20. The Morgan fingerprint density at radius 1 is 1.21 bits per heavy atom. The van der Waals surface area contributed by atoms with Gasteiger partial charge in [-0.1, -0.05) is 0 Å². The van der Waals surface area contributed by atoms with E-state index in [4.69, 9.17) is 17.2 Å². The summed E-state index contributed by atoms with van der Waals surface area (Å²) in [5, 5.41) is 0. The molecule has 0 nitrogen and oxygen atoms in total. The van der Waals surface area contributed by atoms with Crippen LogP contribution in [0.3, 0.4) is 0 Å². The molecule has 0 N–H and O–H groups in total. The molecule has 0 aliphatic heterocycles. The summed E-state index contributed by atoms with van der Waals surface area (Å²) in [7, 11) is 12.4. The number of fused-ring (bicyclic) bond motifs is 1. The summed E-state index contributed by atoms with van der Waals surface area (Å²) in [5.74, 6) is 0. The van der Waals surface area contributed by atoms with E-state index in [0.29, 0.717) is 3.67 Å². The maximum atomic E-state index is 6.20. The van der Waals surface area contributed by atoms with Gasteiger partial charge in [0.1, 0.15) is 0 Å². The van der Waals surface area contributed by atoms with Crippen molar-refractivity contribution in [1.82, 2.24) is 0 Å². The zero-order valence-corrected chi connectivity index (χ0v) is 13.2. The first-order valence-electron chi connectivity index (χ1n) is 4.57. The fraction of sp³-hybridized carbons (Fsp3) is 0.273. The molecule has 0 bridgehead atoms. The van der Waals surface area contributed by atoms with Crippen molar-refractivity contribution in [3.63, 3.8) is 0 Å². The minimum absolute atomic E-state index is 0.387. The Balaban J connectivity index is 2.55. The molecule has 0 spiro atoms. The van der Waals surface area contributed by atoms with Gasteiger partial charge in [-0.05, 0) is 0 Å². The Bertz CT molecular complexity index is 396. The van der Waals surface area contributed by atoms with Crippen LogP contribution in [0, 0.1) is 6.92 Å². The quantitative estimate of drug-likeness (QED) is 0.622. The van der Waals surface area contributed by atoms with Gasteiger partial charge in [0.25, 0.3) is 0 Å². The number of hydrogen-bond donors (Lipinski definition) is 0. The Morgan fingerprint density at radius 2 is 1.93 bits per heavy atom. The molecular formula is C11H11Cl2Hf. The molecule has 1 aliphatic rings. The molecule has 1 atom stereocenters. The van der Waals surface area contributed by atoms with E-state index in [-0.39, 0.29) is 0 Å². The van der Waals surface area contributed by atoms with Crippen LogP contribution in [-0.2, 0) is 19.1 Å². The van der Waals surface area contributed by atoms with Gasteiger partial charge in [-0.25, -0.2) is 0 Å². The summed E-state index contributed by atoms with van der Waals surface area (Å²) in [6, 6.07) is 6.39. The molecule has 0 heterocycles. The molecule has 1 aliphatic carbocycles. The van der Waals surface area contributed by atoms with E-state index < -0.39 is 19.1 Å². The molecule has 0 saturated heterocycles. The van der Waals surface area contributed by atoms with Crippen molar-refractivity contribution in [2.24, 2.45) is 0 Å². The van der Waals surface area contributed by atoms with Crippen LogP contribution in [0.2, 0.25) is 0 Å². The topological polar surface area (TPSA) is 0 Å². The van der Waals surface area contributed by atoms with Gasteiger partial charge in [-0.15, -0.1) is 0 Å². The summed E-state index contributed by atoms with van der Waals surface area (Å²) >= 11 is -2.36. The second-order valence-electron chi connectivity index (χ2n) is 3.69. The number of aryl methyl sites for hydroxylation is 1. The average molecular weight is 393 g/mol. The van der Waals surface area contributed by atoms with Crippen LogP contribution in [0.15, 0.2) is 23.8 Å². The van der Waals surface area contributed by atoms with Crippen molar-refractivity contribution in [2.45, 2.75) is 17.5 Å². The molecule has 0 aromatic heterocycles. The van der Waals surface area contributed by atoms with Crippen LogP contribution < -0.4 is 0 Å². The SMILES string of the molecule is CC1=Cc2c(C)cccc2[CH]1[Hf]([Cl])[Cl]. The van der Waals surface area contributed by atoms with Crippen LogP contribution in [-0.4, -0.2) is 0 Å². The molecular weight excluding hydrogens is 382 g/mol. The normalized spacial score (nSPS) is 19.1. The van der Waals surface area contributed by atoms with Gasteiger partial charge in [-0.3, -0.25) is 0 Å². The number of halogens is 2.